The number of esters is 2. The summed E-state index contributed by atoms with van der Waals surface area (Å²) in [6.07, 6.45) is 54.4. The molecule has 0 fully saturated rings. The van der Waals surface area contributed by atoms with Crippen LogP contribution in [-0.4, -0.2) is 25.2 Å². The highest BCUT2D eigenvalue weighted by Gasteiger charge is 2.24. The molecule has 4 nitrogen and oxygen atoms in total. The van der Waals surface area contributed by atoms with Crippen molar-refractivity contribution >= 4 is 11.9 Å². The molecule has 0 aliphatic rings. The van der Waals surface area contributed by atoms with Gasteiger partial charge >= 0.3 is 11.9 Å². The topological polar surface area (TPSA) is 52.6 Å². The summed E-state index contributed by atoms with van der Waals surface area (Å²) in [6, 6.07) is 0. The highest BCUT2D eigenvalue weighted by molar-refractivity contribution is 5.79. The van der Waals surface area contributed by atoms with Crippen molar-refractivity contribution in [3.05, 3.63) is 12.2 Å². The van der Waals surface area contributed by atoms with E-state index in [-0.39, 0.29) is 24.3 Å². The second kappa shape index (κ2) is 46.1. The molecule has 0 radical (unpaired) electrons. The van der Waals surface area contributed by atoms with Crippen molar-refractivity contribution in [1.82, 2.24) is 0 Å². The molecular weight excluding hydrogens is 665 g/mol. The molecule has 0 rings (SSSR count). The molecule has 0 spiro atoms. The standard InChI is InChI=1S/C50H96O4/c1-4-7-10-13-16-19-22-23-24-25-26-27-28-29-32-35-38-41-44-48(50(52)54-46-43-40-37-34-31-21-18-15-12-9-6-3)47-49(51)53-45-42-39-36-33-30-20-17-14-11-8-5-2/h19,22,48H,4-18,20-21,23-47H2,1-3H3/b22-19+. The van der Waals surface area contributed by atoms with Gasteiger partial charge in [0, 0.05) is 0 Å². The maximum absolute atomic E-state index is 13.1. The molecule has 0 aromatic carbocycles. The van der Waals surface area contributed by atoms with Crippen LogP contribution in [0.3, 0.4) is 0 Å². The number of rotatable bonds is 45. The van der Waals surface area contributed by atoms with Crippen molar-refractivity contribution in [2.24, 2.45) is 5.92 Å². The zero-order valence-corrected chi connectivity index (χ0v) is 37.1. The Kier molecular flexibility index (Phi) is 44.9. The Balaban J connectivity index is 4.20. The lowest BCUT2D eigenvalue weighted by atomic mass is 9.97. The van der Waals surface area contributed by atoms with Crippen LogP contribution in [0.25, 0.3) is 0 Å². The zero-order valence-electron chi connectivity index (χ0n) is 37.1. The summed E-state index contributed by atoms with van der Waals surface area (Å²) in [5.41, 5.74) is 0. The summed E-state index contributed by atoms with van der Waals surface area (Å²) in [6.45, 7) is 7.78. The van der Waals surface area contributed by atoms with E-state index in [0.717, 1.165) is 44.9 Å². The normalized spacial score (nSPS) is 12.1. The maximum atomic E-state index is 13.1. The molecule has 1 unspecified atom stereocenters. The third kappa shape index (κ3) is 41.8. The quantitative estimate of drug-likeness (QED) is 0.0352. The fourth-order valence-electron chi connectivity index (χ4n) is 7.56. The van der Waals surface area contributed by atoms with Crippen LogP contribution in [0, 0.1) is 5.92 Å². The molecule has 0 amide bonds. The van der Waals surface area contributed by atoms with Crippen LogP contribution in [-0.2, 0) is 19.1 Å². The Bertz CT molecular complexity index is 777. The average molecular weight is 761 g/mol. The molecule has 320 valence electrons. The molecule has 0 aromatic heterocycles. The highest BCUT2D eigenvalue weighted by atomic mass is 16.5. The van der Waals surface area contributed by atoms with Gasteiger partial charge in [0.15, 0.2) is 0 Å². The molecule has 54 heavy (non-hydrogen) atoms. The SMILES string of the molecule is CCCCCC/C=C/CCCCCCCCCCCCC(CC(=O)OCCCCCCCCCCCCC)C(=O)OCCCCCCCCCCCCC. The molecule has 4 heteroatoms. The highest BCUT2D eigenvalue weighted by Crippen LogP contribution is 2.20. The number of unbranched alkanes of at least 4 members (excludes halogenated alkanes) is 34. The van der Waals surface area contributed by atoms with E-state index in [0.29, 0.717) is 13.2 Å². The van der Waals surface area contributed by atoms with Crippen LogP contribution in [0.5, 0.6) is 0 Å². The Morgan fingerprint density at radius 1 is 0.370 bits per heavy atom. The first-order valence-corrected chi connectivity index (χ1v) is 24.6. The largest absolute Gasteiger partial charge is 0.466 e. The minimum absolute atomic E-state index is 0.171. The van der Waals surface area contributed by atoms with Crippen molar-refractivity contribution in [2.45, 2.75) is 278 Å². The van der Waals surface area contributed by atoms with Gasteiger partial charge in [0.25, 0.3) is 0 Å². The Labute approximate surface area is 338 Å². The number of hydrogen-bond acceptors (Lipinski definition) is 4. The summed E-state index contributed by atoms with van der Waals surface area (Å²) in [7, 11) is 0. The van der Waals surface area contributed by atoms with Gasteiger partial charge in [-0.15, -0.1) is 0 Å². The van der Waals surface area contributed by atoms with Crippen molar-refractivity contribution < 1.29 is 19.1 Å². The van der Waals surface area contributed by atoms with Gasteiger partial charge in [0.1, 0.15) is 0 Å². The Morgan fingerprint density at radius 2 is 0.667 bits per heavy atom. The van der Waals surface area contributed by atoms with Crippen LogP contribution in [0.1, 0.15) is 278 Å². The van der Waals surface area contributed by atoms with Crippen LogP contribution in [0.2, 0.25) is 0 Å². The van der Waals surface area contributed by atoms with Gasteiger partial charge in [-0.25, -0.2) is 0 Å². The lowest BCUT2D eigenvalue weighted by Crippen LogP contribution is -2.23. The van der Waals surface area contributed by atoms with Gasteiger partial charge in [0.2, 0.25) is 0 Å². The fraction of sp³-hybridized carbons (Fsp3) is 0.920. The van der Waals surface area contributed by atoms with E-state index < -0.39 is 0 Å². The lowest BCUT2D eigenvalue weighted by molar-refractivity contribution is -0.155. The van der Waals surface area contributed by atoms with E-state index in [9.17, 15) is 9.59 Å². The zero-order chi connectivity index (χ0) is 39.3. The third-order valence-electron chi connectivity index (χ3n) is 11.3. The summed E-state index contributed by atoms with van der Waals surface area (Å²) in [5, 5.41) is 0. The number of allylic oxidation sites excluding steroid dienone is 2. The number of hydrogen-bond donors (Lipinski definition) is 0. The molecule has 0 aromatic rings. The van der Waals surface area contributed by atoms with Crippen LogP contribution in [0.15, 0.2) is 12.2 Å². The van der Waals surface area contributed by atoms with Crippen molar-refractivity contribution in [1.29, 1.82) is 0 Å². The summed E-state index contributed by atoms with van der Waals surface area (Å²) in [5.74, 6) is -0.772. The molecule has 0 bridgehead atoms. The minimum atomic E-state index is -0.363. The summed E-state index contributed by atoms with van der Waals surface area (Å²) in [4.78, 5) is 25.9. The lowest BCUT2D eigenvalue weighted by Gasteiger charge is -2.16. The Morgan fingerprint density at radius 3 is 1.06 bits per heavy atom. The molecule has 0 heterocycles. The van der Waals surface area contributed by atoms with E-state index in [1.807, 2.05) is 0 Å². The maximum Gasteiger partial charge on any atom is 0.309 e. The minimum Gasteiger partial charge on any atom is -0.466 e. The monoisotopic (exact) mass is 761 g/mol. The summed E-state index contributed by atoms with van der Waals surface area (Å²) >= 11 is 0. The predicted molar refractivity (Wildman–Crippen MR) is 236 cm³/mol. The second-order valence-electron chi connectivity index (χ2n) is 16.8. The molecule has 0 N–H and O–H groups in total. The first-order chi connectivity index (χ1) is 26.7. The number of carbonyl (C=O) groups is 2. The van der Waals surface area contributed by atoms with Crippen molar-refractivity contribution in [3.63, 3.8) is 0 Å². The van der Waals surface area contributed by atoms with Gasteiger partial charge in [-0.3, -0.25) is 9.59 Å². The predicted octanol–water partition coefficient (Wildman–Crippen LogP) is 16.9. The van der Waals surface area contributed by atoms with Gasteiger partial charge in [-0.1, -0.05) is 238 Å². The van der Waals surface area contributed by atoms with Gasteiger partial charge in [0.05, 0.1) is 25.6 Å². The van der Waals surface area contributed by atoms with Crippen molar-refractivity contribution in [2.75, 3.05) is 13.2 Å². The smallest absolute Gasteiger partial charge is 0.309 e. The van der Waals surface area contributed by atoms with Gasteiger partial charge in [-0.2, -0.15) is 0 Å². The van der Waals surface area contributed by atoms with E-state index >= 15 is 0 Å². The first kappa shape index (κ1) is 52.7. The van der Waals surface area contributed by atoms with Gasteiger partial charge in [-0.05, 0) is 44.9 Å². The van der Waals surface area contributed by atoms with Crippen molar-refractivity contribution in [3.8, 4) is 0 Å². The van der Waals surface area contributed by atoms with Gasteiger partial charge < -0.3 is 9.47 Å². The van der Waals surface area contributed by atoms with E-state index in [1.54, 1.807) is 0 Å². The second-order valence-corrected chi connectivity index (χ2v) is 16.8. The number of ether oxygens (including phenoxy) is 2. The average Bonchev–Trinajstić information content (AvgIpc) is 3.17. The van der Waals surface area contributed by atoms with E-state index in [2.05, 4.69) is 32.9 Å². The van der Waals surface area contributed by atoms with E-state index in [4.69, 9.17) is 9.47 Å². The summed E-state index contributed by atoms with van der Waals surface area (Å²) < 4.78 is 11.4. The molecule has 0 aliphatic heterocycles. The Hall–Kier alpha value is -1.32. The van der Waals surface area contributed by atoms with Crippen LogP contribution in [0.4, 0.5) is 0 Å². The first-order valence-electron chi connectivity index (χ1n) is 24.6. The molecule has 0 saturated heterocycles. The van der Waals surface area contributed by atoms with Crippen LogP contribution >= 0.6 is 0 Å². The number of carbonyl (C=O) groups excluding carboxylic acids is 2. The van der Waals surface area contributed by atoms with Crippen LogP contribution < -0.4 is 0 Å². The third-order valence-corrected chi connectivity index (χ3v) is 11.3. The molecular formula is C50H96O4. The molecule has 1 atom stereocenters. The molecule has 0 saturated carbocycles. The van der Waals surface area contributed by atoms with E-state index in [1.165, 1.54) is 205 Å². The molecule has 0 aliphatic carbocycles. The fourth-order valence-corrected chi connectivity index (χ4v) is 7.56.